The molecule has 0 heterocycles. The van der Waals surface area contributed by atoms with Gasteiger partial charge in [-0.3, -0.25) is 9.98 Å². The fourth-order valence-corrected chi connectivity index (χ4v) is 4.86. The zero-order valence-electron chi connectivity index (χ0n) is 25.1. The van der Waals surface area contributed by atoms with Crippen molar-refractivity contribution < 1.29 is 39.7 Å². The normalized spacial score (nSPS) is 13.4. The molecule has 1 radical (unpaired) electrons. The van der Waals surface area contributed by atoms with E-state index < -0.39 is 0 Å². The first kappa shape index (κ1) is 34.8. The molecule has 0 spiro atoms. The van der Waals surface area contributed by atoms with E-state index in [9.17, 15) is 10.2 Å². The molecule has 6 heteroatoms. The molecule has 4 rings (SSSR count). The Labute approximate surface area is 267 Å². The topological polar surface area (TPSA) is 65.2 Å². The van der Waals surface area contributed by atoms with Crippen LogP contribution in [-0.4, -0.2) is 22.6 Å². The Morgan fingerprint density at radius 1 is 0.524 bits per heavy atom. The zero-order chi connectivity index (χ0) is 28.9. The van der Waals surface area contributed by atoms with Gasteiger partial charge in [0.25, 0.3) is 0 Å². The molecule has 0 aliphatic heterocycles. The third-order valence-corrected chi connectivity index (χ3v) is 7.08. The number of benzene rings is 4. The number of hydrogen-bond donors (Lipinski definition) is 2. The molecule has 0 aliphatic carbocycles. The van der Waals surface area contributed by atoms with E-state index in [1.54, 1.807) is 12.4 Å². The van der Waals surface area contributed by atoms with E-state index in [-0.39, 0.29) is 63.9 Å². The van der Waals surface area contributed by atoms with Gasteiger partial charge in [0.05, 0.1) is 0 Å². The first-order chi connectivity index (χ1) is 19.0. The molecule has 0 saturated heterocycles. The smallest absolute Gasteiger partial charge is 0.128 e. The monoisotopic (exact) mass is 622 g/mol. The van der Waals surface area contributed by atoms with Gasteiger partial charge < -0.3 is 22.6 Å². The van der Waals surface area contributed by atoms with Crippen LogP contribution in [0.2, 0.25) is 0 Å². The predicted octanol–water partition coefficient (Wildman–Crippen LogP) is 5.71. The Hall–Kier alpha value is -3.37. The molecule has 4 nitrogen and oxygen atoms in total. The maximum Gasteiger partial charge on any atom is 0.128 e. The number of aliphatic imine (C=N–C) groups is 2. The van der Waals surface area contributed by atoms with Crippen LogP contribution in [0.5, 0.6) is 11.5 Å². The maximum atomic E-state index is 11.1. The van der Waals surface area contributed by atoms with Gasteiger partial charge in [-0.2, -0.15) is 0 Å². The van der Waals surface area contributed by atoms with E-state index in [0.29, 0.717) is 11.1 Å². The second kappa shape index (κ2) is 14.7. The summed E-state index contributed by atoms with van der Waals surface area (Å²) in [6, 6.07) is 31.0. The van der Waals surface area contributed by atoms with Crippen molar-refractivity contribution in [2.45, 2.75) is 64.5 Å². The third kappa shape index (κ3) is 8.35. The van der Waals surface area contributed by atoms with Crippen molar-refractivity contribution in [2.75, 3.05) is 0 Å². The van der Waals surface area contributed by atoms with Gasteiger partial charge in [0.2, 0.25) is 0 Å². The van der Waals surface area contributed by atoms with Crippen molar-refractivity contribution in [3.63, 3.8) is 0 Å². The van der Waals surface area contributed by atoms with Crippen LogP contribution in [0.3, 0.4) is 0 Å². The molecule has 4 aromatic rings. The summed E-state index contributed by atoms with van der Waals surface area (Å²) in [6.45, 7) is 12.5. The molecule has 2 atom stereocenters. The van der Waals surface area contributed by atoms with Gasteiger partial charge in [-0.15, -0.1) is 0 Å². The largest absolute Gasteiger partial charge is 1.00 e. The molecule has 0 unspecified atom stereocenters. The van der Waals surface area contributed by atoms with Crippen molar-refractivity contribution in [3.05, 3.63) is 130 Å². The number of phenols is 2. The molecule has 4 aromatic carbocycles. The van der Waals surface area contributed by atoms with Crippen LogP contribution in [-0.2, 0) is 27.9 Å². The summed E-state index contributed by atoms with van der Waals surface area (Å²) in [4.78, 5) is 10.1. The summed E-state index contributed by atoms with van der Waals surface area (Å²) in [6.07, 6.45) is 3.51. The Morgan fingerprint density at radius 3 is 1.17 bits per heavy atom. The van der Waals surface area contributed by atoms with Gasteiger partial charge in [0, 0.05) is 40.6 Å². The standard InChI is InChI=1S/C36H40N2O2.ClH.Mn/c1-35(2,3)29-21-13-19-27(33(29)39)23-37-31(25-15-9-7-10-16-25)32(26-17-11-8-12-18-26)38-24-28-20-14-22-30(34(28)40)36(4,5)6;;/h7-24,31-32,39-40H,1-6H3;1H;/p-1/t31-,32-;;/m1../s1. The number of aromatic hydroxyl groups is 2. The minimum absolute atomic E-state index is 0. The second-order valence-corrected chi connectivity index (χ2v) is 12.3. The first-order valence-electron chi connectivity index (χ1n) is 13.8. The van der Waals surface area contributed by atoms with Gasteiger partial charge in [0.15, 0.2) is 0 Å². The molecular weight excluding hydrogens is 583 g/mol. The molecule has 0 aromatic heterocycles. The van der Waals surface area contributed by atoms with Crippen LogP contribution < -0.4 is 12.4 Å². The van der Waals surface area contributed by atoms with Crippen LogP contribution in [0.15, 0.2) is 107 Å². The summed E-state index contributed by atoms with van der Waals surface area (Å²) in [5.74, 6) is 0.489. The second-order valence-electron chi connectivity index (χ2n) is 12.3. The Morgan fingerprint density at radius 2 is 0.857 bits per heavy atom. The minimum atomic E-state index is -0.370. The van der Waals surface area contributed by atoms with Crippen LogP contribution in [0, 0.1) is 0 Å². The van der Waals surface area contributed by atoms with Crippen molar-refractivity contribution in [3.8, 4) is 11.5 Å². The van der Waals surface area contributed by atoms with Crippen LogP contribution >= 0.6 is 0 Å². The van der Waals surface area contributed by atoms with Gasteiger partial charge >= 0.3 is 0 Å². The molecule has 221 valence electrons. The van der Waals surface area contributed by atoms with E-state index >= 15 is 0 Å². The Kier molecular flexibility index (Phi) is 12.2. The maximum absolute atomic E-state index is 11.1. The third-order valence-electron chi connectivity index (χ3n) is 7.08. The average Bonchev–Trinajstić information content (AvgIpc) is 2.91. The number of para-hydroxylation sites is 2. The number of rotatable bonds is 7. The fraction of sp³-hybridized carbons (Fsp3) is 0.278. The van der Waals surface area contributed by atoms with Gasteiger partial charge in [0.1, 0.15) is 23.6 Å². The van der Waals surface area contributed by atoms with Crippen molar-refractivity contribution in [1.29, 1.82) is 0 Å². The van der Waals surface area contributed by atoms with Crippen LogP contribution in [0.1, 0.15) is 87.0 Å². The zero-order valence-corrected chi connectivity index (χ0v) is 27.0. The fourth-order valence-electron chi connectivity index (χ4n) is 4.86. The van der Waals surface area contributed by atoms with E-state index in [1.807, 2.05) is 72.8 Å². The molecule has 0 saturated carbocycles. The number of nitrogens with zero attached hydrogens (tertiary/aromatic N) is 2. The van der Waals surface area contributed by atoms with Crippen LogP contribution in [0.4, 0.5) is 0 Å². The first-order valence-corrected chi connectivity index (χ1v) is 13.8. The molecule has 0 aliphatic rings. The number of phenolic OH excluding ortho intramolecular Hbond substituents is 2. The number of hydrogen-bond acceptors (Lipinski definition) is 4. The van der Waals surface area contributed by atoms with Gasteiger partial charge in [-0.1, -0.05) is 126 Å². The van der Waals surface area contributed by atoms with E-state index in [0.717, 1.165) is 22.3 Å². The molecule has 0 amide bonds. The Balaban J connectivity index is 0.00000308. The van der Waals surface area contributed by atoms with Gasteiger partial charge in [-0.05, 0) is 45.2 Å². The predicted molar refractivity (Wildman–Crippen MR) is 167 cm³/mol. The van der Waals surface area contributed by atoms with E-state index in [2.05, 4.69) is 65.8 Å². The van der Waals surface area contributed by atoms with E-state index in [4.69, 9.17) is 9.98 Å². The summed E-state index contributed by atoms with van der Waals surface area (Å²) < 4.78 is 0. The Bertz CT molecular complexity index is 1380. The quantitative estimate of drug-likeness (QED) is 0.205. The van der Waals surface area contributed by atoms with Crippen molar-refractivity contribution >= 4 is 12.4 Å². The van der Waals surface area contributed by atoms with Gasteiger partial charge in [-0.25, -0.2) is 0 Å². The van der Waals surface area contributed by atoms with Crippen molar-refractivity contribution in [1.82, 2.24) is 0 Å². The summed E-state index contributed by atoms with van der Waals surface area (Å²) in [5, 5.41) is 22.2. The summed E-state index contributed by atoms with van der Waals surface area (Å²) >= 11 is 0. The van der Waals surface area contributed by atoms with Crippen LogP contribution in [0.25, 0.3) is 0 Å². The molecule has 42 heavy (non-hydrogen) atoms. The molecular formula is C36H40ClMnN2O2-. The molecule has 0 fully saturated rings. The SMILES string of the molecule is CC(C)(C)c1cccc(C=N[C@H](c2ccccc2)[C@H](N=Cc2cccc(C(C)(C)C)c2O)c2ccccc2)c1O.[Cl-].[Mn]. The van der Waals surface area contributed by atoms with Crippen molar-refractivity contribution in [2.24, 2.45) is 9.98 Å². The van der Waals surface area contributed by atoms with E-state index in [1.165, 1.54) is 0 Å². The summed E-state index contributed by atoms with van der Waals surface area (Å²) in [5.41, 5.74) is 4.69. The molecule has 2 N–H and O–H groups in total. The average molecular weight is 623 g/mol. The minimum Gasteiger partial charge on any atom is -1.00 e. The number of halogens is 1. The summed E-state index contributed by atoms with van der Waals surface area (Å²) in [7, 11) is 0. The molecule has 0 bridgehead atoms.